The summed E-state index contributed by atoms with van der Waals surface area (Å²) in [6.45, 7) is 2.93. The SMILES string of the molecule is COCCN(CCOC)C(=O)CCn1ccnc1. The van der Waals surface area contributed by atoms with Crippen molar-refractivity contribution in [3.8, 4) is 0 Å². The van der Waals surface area contributed by atoms with Crippen molar-refractivity contribution in [1.82, 2.24) is 14.5 Å². The van der Waals surface area contributed by atoms with E-state index in [-0.39, 0.29) is 5.91 Å². The van der Waals surface area contributed by atoms with Gasteiger partial charge in [0.1, 0.15) is 0 Å². The molecule has 0 aliphatic carbocycles. The molecule has 0 fully saturated rings. The highest BCUT2D eigenvalue weighted by atomic mass is 16.5. The normalized spacial score (nSPS) is 10.6. The van der Waals surface area contributed by atoms with Crippen molar-refractivity contribution in [2.45, 2.75) is 13.0 Å². The predicted molar refractivity (Wildman–Crippen MR) is 67.2 cm³/mol. The van der Waals surface area contributed by atoms with E-state index < -0.39 is 0 Å². The molecule has 6 heteroatoms. The average molecular weight is 255 g/mol. The minimum atomic E-state index is 0.109. The first-order valence-electron chi connectivity index (χ1n) is 5.99. The lowest BCUT2D eigenvalue weighted by atomic mass is 10.3. The second-order valence-electron chi connectivity index (χ2n) is 3.92. The summed E-state index contributed by atoms with van der Waals surface area (Å²) in [5, 5.41) is 0. The summed E-state index contributed by atoms with van der Waals surface area (Å²) in [6, 6.07) is 0. The Bertz CT molecular complexity index is 319. The summed E-state index contributed by atoms with van der Waals surface area (Å²) in [4.78, 5) is 17.7. The molecule has 1 amide bonds. The van der Waals surface area contributed by atoms with Gasteiger partial charge in [0, 0.05) is 52.7 Å². The van der Waals surface area contributed by atoms with E-state index in [0.717, 1.165) is 0 Å². The Hall–Kier alpha value is -1.40. The van der Waals surface area contributed by atoms with Gasteiger partial charge in [0.05, 0.1) is 19.5 Å². The molecule has 1 aromatic heterocycles. The summed E-state index contributed by atoms with van der Waals surface area (Å²) in [6.07, 6.45) is 5.73. The lowest BCUT2D eigenvalue weighted by molar-refractivity contribution is -0.132. The second-order valence-corrected chi connectivity index (χ2v) is 3.92. The zero-order valence-electron chi connectivity index (χ0n) is 11.0. The van der Waals surface area contributed by atoms with E-state index in [1.54, 1.807) is 31.6 Å². The van der Waals surface area contributed by atoms with Crippen LogP contribution in [-0.4, -0.2) is 60.9 Å². The molecule has 1 aromatic rings. The molecule has 0 radical (unpaired) electrons. The molecule has 6 nitrogen and oxygen atoms in total. The molecule has 0 spiro atoms. The van der Waals surface area contributed by atoms with Crippen molar-refractivity contribution in [1.29, 1.82) is 0 Å². The number of hydrogen-bond donors (Lipinski definition) is 0. The first-order valence-corrected chi connectivity index (χ1v) is 5.99. The van der Waals surface area contributed by atoms with Gasteiger partial charge >= 0.3 is 0 Å². The molecule has 0 saturated heterocycles. The summed E-state index contributed by atoms with van der Waals surface area (Å²) >= 11 is 0. The fourth-order valence-electron chi connectivity index (χ4n) is 1.57. The van der Waals surface area contributed by atoms with E-state index in [1.165, 1.54) is 0 Å². The fraction of sp³-hybridized carbons (Fsp3) is 0.667. The molecule has 0 N–H and O–H groups in total. The number of rotatable bonds is 9. The lowest BCUT2D eigenvalue weighted by Gasteiger charge is -2.22. The summed E-state index contributed by atoms with van der Waals surface area (Å²) in [5.41, 5.74) is 0. The van der Waals surface area contributed by atoms with Crippen LogP contribution in [0.2, 0.25) is 0 Å². The van der Waals surface area contributed by atoms with Crippen molar-refractivity contribution >= 4 is 5.91 Å². The number of amides is 1. The molecular weight excluding hydrogens is 234 g/mol. The van der Waals surface area contributed by atoms with Crippen LogP contribution >= 0.6 is 0 Å². The monoisotopic (exact) mass is 255 g/mol. The van der Waals surface area contributed by atoms with E-state index in [2.05, 4.69) is 4.98 Å². The smallest absolute Gasteiger partial charge is 0.224 e. The summed E-state index contributed by atoms with van der Waals surface area (Å²) < 4.78 is 11.9. The molecule has 18 heavy (non-hydrogen) atoms. The van der Waals surface area contributed by atoms with E-state index in [1.807, 2.05) is 10.8 Å². The number of ether oxygens (including phenoxy) is 2. The molecular formula is C12H21N3O3. The Morgan fingerprint density at radius 1 is 1.28 bits per heavy atom. The maximum absolute atomic E-state index is 12.0. The highest BCUT2D eigenvalue weighted by molar-refractivity contribution is 5.76. The standard InChI is InChI=1S/C12H21N3O3/c1-17-9-7-15(8-10-18-2)12(16)3-5-14-6-4-13-11-14/h4,6,11H,3,5,7-10H2,1-2H3. The molecule has 102 valence electrons. The number of aromatic nitrogens is 2. The lowest BCUT2D eigenvalue weighted by Crippen LogP contribution is -2.36. The Balaban J connectivity index is 2.36. The molecule has 0 atom stereocenters. The number of nitrogens with zero attached hydrogens (tertiary/aromatic N) is 3. The molecule has 1 rings (SSSR count). The summed E-state index contributed by atoms with van der Waals surface area (Å²) in [5.74, 6) is 0.109. The highest BCUT2D eigenvalue weighted by Gasteiger charge is 2.12. The minimum absolute atomic E-state index is 0.109. The fourth-order valence-corrected chi connectivity index (χ4v) is 1.57. The number of hydrogen-bond acceptors (Lipinski definition) is 4. The highest BCUT2D eigenvalue weighted by Crippen LogP contribution is 1.98. The number of aryl methyl sites for hydroxylation is 1. The first kappa shape index (κ1) is 14.7. The maximum Gasteiger partial charge on any atom is 0.224 e. The largest absolute Gasteiger partial charge is 0.383 e. The van der Waals surface area contributed by atoms with Gasteiger partial charge < -0.3 is 18.9 Å². The Kier molecular flexibility index (Phi) is 7.05. The Morgan fingerprint density at radius 2 is 1.94 bits per heavy atom. The molecule has 1 heterocycles. The molecule has 0 saturated carbocycles. The average Bonchev–Trinajstić information content (AvgIpc) is 2.89. The number of methoxy groups -OCH3 is 2. The van der Waals surface area contributed by atoms with Gasteiger partial charge in [-0.05, 0) is 0 Å². The third-order valence-corrected chi connectivity index (χ3v) is 2.63. The minimum Gasteiger partial charge on any atom is -0.383 e. The zero-order valence-corrected chi connectivity index (χ0v) is 11.0. The first-order chi connectivity index (χ1) is 8.77. The molecule has 0 aliphatic heterocycles. The van der Waals surface area contributed by atoms with Crippen LogP contribution in [0.4, 0.5) is 0 Å². The van der Waals surface area contributed by atoms with Crippen LogP contribution in [0.1, 0.15) is 6.42 Å². The van der Waals surface area contributed by atoms with E-state index >= 15 is 0 Å². The van der Waals surface area contributed by atoms with Crippen LogP contribution in [0, 0.1) is 0 Å². The predicted octanol–water partition coefficient (Wildman–Crippen LogP) is 0.395. The summed E-state index contributed by atoms with van der Waals surface area (Å²) in [7, 11) is 3.26. The van der Waals surface area contributed by atoms with Crippen LogP contribution in [0.25, 0.3) is 0 Å². The van der Waals surface area contributed by atoms with Gasteiger partial charge in [0.25, 0.3) is 0 Å². The van der Waals surface area contributed by atoms with Crippen LogP contribution in [0.3, 0.4) is 0 Å². The molecule has 0 aromatic carbocycles. The Morgan fingerprint density at radius 3 is 2.44 bits per heavy atom. The van der Waals surface area contributed by atoms with Crippen LogP contribution in [-0.2, 0) is 20.8 Å². The quantitative estimate of drug-likeness (QED) is 0.640. The van der Waals surface area contributed by atoms with Gasteiger partial charge in [-0.2, -0.15) is 0 Å². The van der Waals surface area contributed by atoms with Gasteiger partial charge in [0.15, 0.2) is 0 Å². The maximum atomic E-state index is 12.0. The van der Waals surface area contributed by atoms with Crippen LogP contribution in [0.15, 0.2) is 18.7 Å². The van der Waals surface area contributed by atoms with Gasteiger partial charge in [0.2, 0.25) is 5.91 Å². The van der Waals surface area contributed by atoms with Gasteiger partial charge in [-0.25, -0.2) is 4.98 Å². The van der Waals surface area contributed by atoms with Crippen molar-refractivity contribution < 1.29 is 14.3 Å². The molecule has 0 aliphatic rings. The second kappa shape index (κ2) is 8.66. The van der Waals surface area contributed by atoms with Crippen molar-refractivity contribution in [2.75, 3.05) is 40.5 Å². The number of carbonyl (C=O) groups is 1. The topological polar surface area (TPSA) is 56.6 Å². The van der Waals surface area contributed by atoms with Gasteiger partial charge in [-0.15, -0.1) is 0 Å². The van der Waals surface area contributed by atoms with Crippen LogP contribution in [0.5, 0.6) is 0 Å². The zero-order chi connectivity index (χ0) is 13.2. The Labute approximate surface area is 108 Å². The van der Waals surface area contributed by atoms with E-state index in [0.29, 0.717) is 39.3 Å². The van der Waals surface area contributed by atoms with Crippen molar-refractivity contribution in [3.05, 3.63) is 18.7 Å². The third kappa shape index (κ3) is 5.29. The van der Waals surface area contributed by atoms with E-state index in [9.17, 15) is 4.79 Å². The van der Waals surface area contributed by atoms with Crippen molar-refractivity contribution in [2.24, 2.45) is 0 Å². The number of imidazole rings is 1. The van der Waals surface area contributed by atoms with E-state index in [4.69, 9.17) is 9.47 Å². The number of carbonyl (C=O) groups excluding carboxylic acids is 1. The van der Waals surface area contributed by atoms with Crippen LogP contribution < -0.4 is 0 Å². The van der Waals surface area contributed by atoms with Crippen molar-refractivity contribution in [3.63, 3.8) is 0 Å². The van der Waals surface area contributed by atoms with Gasteiger partial charge in [-0.1, -0.05) is 0 Å². The molecule has 0 bridgehead atoms. The van der Waals surface area contributed by atoms with Gasteiger partial charge in [-0.3, -0.25) is 4.79 Å². The third-order valence-electron chi connectivity index (χ3n) is 2.63. The molecule has 0 unspecified atom stereocenters.